The Hall–Kier alpha value is -2.64. The fourth-order valence-electron chi connectivity index (χ4n) is 3.08. The number of aryl methyl sites for hydroxylation is 1. The van der Waals surface area contributed by atoms with Gasteiger partial charge in [0.25, 0.3) is 0 Å². The van der Waals surface area contributed by atoms with Crippen molar-refractivity contribution >= 4 is 34.5 Å². The van der Waals surface area contributed by atoms with Crippen molar-refractivity contribution in [3.8, 4) is 0 Å². The molecule has 1 heterocycles. The maximum absolute atomic E-state index is 10.2. The lowest BCUT2D eigenvalue weighted by atomic mass is 10.1. The zero-order chi connectivity index (χ0) is 20.3. The number of hydrogen-bond donors (Lipinski definition) is 4. The van der Waals surface area contributed by atoms with E-state index in [2.05, 4.69) is 30.4 Å². The molecule has 3 rings (SSSR count). The van der Waals surface area contributed by atoms with E-state index in [4.69, 9.17) is 18.2 Å². The predicted molar refractivity (Wildman–Crippen MR) is 103 cm³/mol. The Labute approximate surface area is 166 Å². The monoisotopic (exact) mass is 402 g/mol. The number of aliphatic hydroxyl groups excluding tert-OH is 3. The van der Waals surface area contributed by atoms with Gasteiger partial charge in [0, 0.05) is 12.5 Å². The Morgan fingerprint density at radius 1 is 1.29 bits per heavy atom. The second-order valence-corrected chi connectivity index (χ2v) is 6.86. The zero-order valence-corrected chi connectivity index (χ0v) is 15.7. The van der Waals surface area contributed by atoms with Gasteiger partial charge in [-0.25, -0.2) is 14.8 Å². The van der Waals surface area contributed by atoms with Crippen LogP contribution in [0.5, 0.6) is 0 Å². The van der Waals surface area contributed by atoms with E-state index in [0.717, 1.165) is 0 Å². The molecule has 1 aliphatic rings. The third kappa shape index (κ3) is 4.26. The lowest BCUT2D eigenvalue weighted by Gasteiger charge is -2.19. The summed E-state index contributed by atoms with van der Waals surface area (Å²) in [6.07, 6.45) is -1.77. The molecule has 146 valence electrons. The molecule has 1 saturated carbocycles. The summed E-state index contributed by atoms with van der Waals surface area (Å²) in [4.78, 5) is 11.7. The van der Waals surface area contributed by atoms with E-state index < -0.39 is 24.2 Å². The zero-order valence-electron chi connectivity index (χ0n) is 15.0. The summed E-state index contributed by atoms with van der Waals surface area (Å²) >= 11 is 6.22. The van der Waals surface area contributed by atoms with E-state index in [-0.39, 0.29) is 23.3 Å². The van der Waals surface area contributed by atoms with Crippen LogP contribution in [0.3, 0.4) is 0 Å². The Morgan fingerprint density at radius 3 is 2.75 bits per heavy atom. The summed E-state index contributed by atoms with van der Waals surface area (Å²) in [6.45, 7) is 8.49. The minimum absolute atomic E-state index is 0.0758. The standard InChI is InChI=1S/C18H19ClN6O3/c1-9-21-17(19)14(25-24-12-5-3-4-11(7-12)20-2)18(22-9)23-13-6-10(8-26)15(27)16(13)28/h3-5,7,10,13,15-16,26-28H,6,8H2,1H3,(H,21,22,23)/b25-24+/t10-,13-,15-,16+/m1/s1. The number of aliphatic hydroxyl groups is 3. The van der Waals surface area contributed by atoms with E-state index in [1.54, 1.807) is 31.2 Å². The molecule has 0 saturated heterocycles. The summed E-state index contributed by atoms with van der Waals surface area (Å²) < 4.78 is 0. The highest BCUT2D eigenvalue weighted by atomic mass is 35.5. The molecule has 28 heavy (non-hydrogen) atoms. The van der Waals surface area contributed by atoms with E-state index in [9.17, 15) is 15.3 Å². The molecule has 0 unspecified atom stereocenters. The van der Waals surface area contributed by atoms with Gasteiger partial charge in [0.05, 0.1) is 24.4 Å². The Morgan fingerprint density at radius 2 is 2.07 bits per heavy atom. The van der Waals surface area contributed by atoms with Gasteiger partial charge in [0.1, 0.15) is 11.9 Å². The van der Waals surface area contributed by atoms with Crippen LogP contribution in [0.4, 0.5) is 22.9 Å². The second kappa shape index (κ2) is 8.58. The van der Waals surface area contributed by atoms with E-state index in [0.29, 0.717) is 23.6 Å². The van der Waals surface area contributed by atoms with Crippen LogP contribution in [0.25, 0.3) is 4.85 Å². The number of aromatic nitrogens is 2. The average molecular weight is 403 g/mol. The second-order valence-electron chi connectivity index (χ2n) is 6.50. The number of halogens is 1. The van der Waals surface area contributed by atoms with Crippen LogP contribution in [0.1, 0.15) is 12.2 Å². The van der Waals surface area contributed by atoms with Crippen molar-refractivity contribution in [1.82, 2.24) is 9.97 Å². The van der Waals surface area contributed by atoms with Gasteiger partial charge >= 0.3 is 0 Å². The molecule has 0 amide bonds. The minimum Gasteiger partial charge on any atom is -0.396 e. The maximum atomic E-state index is 10.2. The highest BCUT2D eigenvalue weighted by Crippen LogP contribution is 2.35. The predicted octanol–water partition coefficient (Wildman–Crippen LogP) is 2.92. The fraction of sp³-hybridized carbons (Fsp3) is 0.389. The summed E-state index contributed by atoms with van der Waals surface area (Å²) in [5.41, 5.74) is 1.07. The van der Waals surface area contributed by atoms with E-state index in [1.165, 1.54) is 0 Å². The summed E-state index contributed by atoms with van der Waals surface area (Å²) in [6, 6.07) is 6.08. The Kier molecular flexibility index (Phi) is 6.16. The number of benzene rings is 1. The molecule has 4 N–H and O–H groups in total. The van der Waals surface area contributed by atoms with E-state index >= 15 is 0 Å². The first-order valence-electron chi connectivity index (χ1n) is 8.60. The van der Waals surface area contributed by atoms with Crippen molar-refractivity contribution in [1.29, 1.82) is 0 Å². The molecule has 0 spiro atoms. The lowest BCUT2D eigenvalue weighted by molar-refractivity contribution is 0.00446. The van der Waals surface area contributed by atoms with Gasteiger partial charge < -0.3 is 20.6 Å². The molecule has 1 aromatic heterocycles. The molecule has 1 aliphatic carbocycles. The van der Waals surface area contributed by atoms with Crippen LogP contribution >= 0.6 is 11.6 Å². The number of anilines is 1. The Balaban J connectivity index is 1.90. The first-order valence-corrected chi connectivity index (χ1v) is 8.97. The number of nitrogens with zero attached hydrogens (tertiary/aromatic N) is 5. The highest BCUT2D eigenvalue weighted by Gasteiger charge is 2.41. The van der Waals surface area contributed by atoms with Crippen LogP contribution in [0, 0.1) is 19.4 Å². The lowest BCUT2D eigenvalue weighted by Crippen LogP contribution is -2.35. The molecule has 0 radical (unpaired) electrons. The normalized spacial score (nSPS) is 24.4. The van der Waals surface area contributed by atoms with Crippen molar-refractivity contribution in [3.05, 3.63) is 46.7 Å². The molecular weight excluding hydrogens is 384 g/mol. The molecule has 1 fully saturated rings. The topological polar surface area (TPSA) is 128 Å². The van der Waals surface area contributed by atoms with Crippen LogP contribution in [-0.4, -0.2) is 50.1 Å². The first kappa shape index (κ1) is 20.1. The van der Waals surface area contributed by atoms with Gasteiger partial charge in [0.15, 0.2) is 22.3 Å². The number of nitrogens with one attached hydrogen (secondary N) is 1. The van der Waals surface area contributed by atoms with E-state index in [1.807, 2.05) is 0 Å². The molecule has 9 nitrogen and oxygen atoms in total. The van der Waals surface area contributed by atoms with Gasteiger partial charge in [-0.15, -0.1) is 5.11 Å². The number of hydrogen-bond acceptors (Lipinski definition) is 8. The number of rotatable bonds is 5. The van der Waals surface area contributed by atoms with Crippen molar-refractivity contribution in [2.24, 2.45) is 16.1 Å². The summed E-state index contributed by atoms with van der Waals surface area (Å²) in [7, 11) is 0. The van der Waals surface area contributed by atoms with Gasteiger partial charge in [0.2, 0.25) is 0 Å². The van der Waals surface area contributed by atoms with Crippen molar-refractivity contribution < 1.29 is 15.3 Å². The molecule has 10 heteroatoms. The van der Waals surface area contributed by atoms with Gasteiger partial charge in [-0.1, -0.05) is 23.7 Å². The van der Waals surface area contributed by atoms with Gasteiger partial charge in [-0.2, -0.15) is 5.11 Å². The summed E-state index contributed by atoms with van der Waals surface area (Å²) in [5.74, 6) is 0.220. The van der Waals surface area contributed by atoms with Crippen LogP contribution in [0.2, 0.25) is 5.15 Å². The quantitative estimate of drug-likeness (QED) is 0.346. The van der Waals surface area contributed by atoms with Gasteiger partial charge in [-0.3, -0.25) is 0 Å². The maximum Gasteiger partial charge on any atom is 0.189 e. The SMILES string of the molecule is [C-]#[N+]c1cccc(/N=N/c2c(Cl)nc(C)nc2N[C@@H]2C[C@H](CO)[C@@H](O)[C@H]2O)c1. The molecule has 4 atom stereocenters. The smallest absolute Gasteiger partial charge is 0.189 e. The third-order valence-electron chi connectivity index (χ3n) is 4.54. The van der Waals surface area contributed by atoms with Gasteiger partial charge in [-0.05, 0) is 25.5 Å². The van der Waals surface area contributed by atoms with Crippen molar-refractivity contribution in [3.63, 3.8) is 0 Å². The van der Waals surface area contributed by atoms with Crippen LogP contribution in [0.15, 0.2) is 34.5 Å². The minimum atomic E-state index is -1.08. The molecular formula is C18H19ClN6O3. The molecule has 2 aromatic rings. The highest BCUT2D eigenvalue weighted by molar-refractivity contribution is 6.32. The Bertz CT molecular complexity index is 932. The van der Waals surface area contributed by atoms with Crippen LogP contribution < -0.4 is 5.32 Å². The van der Waals surface area contributed by atoms with Crippen LogP contribution in [-0.2, 0) is 0 Å². The molecule has 0 bridgehead atoms. The first-order chi connectivity index (χ1) is 13.4. The fourth-order valence-corrected chi connectivity index (χ4v) is 3.33. The van der Waals surface area contributed by atoms with Crippen molar-refractivity contribution in [2.45, 2.75) is 31.6 Å². The summed E-state index contributed by atoms with van der Waals surface area (Å²) in [5, 5.41) is 40.9. The largest absolute Gasteiger partial charge is 0.396 e. The third-order valence-corrected chi connectivity index (χ3v) is 4.80. The molecule has 1 aromatic carbocycles. The van der Waals surface area contributed by atoms with Crippen molar-refractivity contribution in [2.75, 3.05) is 11.9 Å². The average Bonchev–Trinajstić information content (AvgIpc) is 2.95. The molecule has 0 aliphatic heterocycles. The number of azo groups is 1.